The molecule has 0 aromatic heterocycles. The van der Waals surface area contributed by atoms with Crippen LogP contribution in [0.25, 0.3) is 0 Å². The van der Waals surface area contributed by atoms with Gasteiger partial charge < -0.3 is 15.4 Å². The predicted molar refractivity (Wildman–Crippen MR) is 78.8 cm³/mol. The summed E-state index contributed by atoms with van der Waals surface area (Å²) in [6.07, 6.45) is 1.82. The van der Waals surface area contributed by atoms with Gasteiger partial charge in [0.05, 0.1) is 0 Å². The van der Waals surface area contributed by atoms with Crippen molar-refractivity contribution >= 4 is 17.5 Å². The van der Waals surface area contributed by atoms with Crippen LogP contribution in [-0.2, 0) is 9.59 Å². The zero-order valence-corrected chi connectivity index (χ0v) is 12.2. The molecule has 0 heterocycles. The van der Waals surface area contributed by atoms with Crippen LogP contribution in [-0.4, -0.2) is 24.5 Å². The van der Waals surface area contributed by atoms with Gasteiger partial charge in [0.1, 0.15) is 5.75 Å². The molecule has 20 heavy (non-hydrogen) atoms. The van der Waals surface area contributed by atoms with Crippen LogP contribution < -0.4 is 15.4 Å². The van der Waals surface area contributed by atoms with Gasteiger partial charge in [0.25, 0.3) is 5.91 Å². The van der Waals surface area contributed by atoms with Gasteiger partial charge in [-0.25, -0.2) is 0 Å². The monoisotopic (exact) mass is 278 g/mol. The lowest BCUT2D eigenvalue weighted by molar-refractivity contribution is -0.123. The third kappa shape index (κ3) is 5.73. The summed E-state index contributed by atoms with van der Waals surface area (Å²) in [5.74, 6) is 0.353. The molecule has 0 aliphatic heterocycles. The second kappa shape index (κ2) is 8.19. The van der Waals surface area contributed by atoms with Crippen LogP contribution in [0.2, 0.25) is 0 Å². The molecule has 0 spiro atoms. The van der Waals surface area contributed by atoms with Gasteiger partial charge in [0, 0.05) is 18.7 Å². The second-order valence-electron chi connectivity index (χ2n) is 4.58. The van der Waals surface area contributed by atoms with E-state index in [-0.39, 0.29) is 24.5 Å². The highest BCUT2D eigenvalue weighted by Crippen LogP contribution is 2.15. The Balaban J connectivity index is 2.41. The quantitative estimate of drug-likeness (QED) is 0.804. The summed E-state index contributed by atoms with van der Waals surface area (Å²) in [7, 11) is 0. The van der Waals surface area contributed by atoms with E-state index < -0.39 is 0 Å². The lowest BCUT2D eigenvalue weighted by Crippen LogP contribution is -2.37. The van der Waals surface area contributed by atoms with Gasteiger partial charge in [-0.05, 0) is 37.1 Å². The molecule has 0 bridgehead atoms. The van der Waals surface area contributed by atoms with E-state index >= 15 is 0 Å². The fourth-order valence-electron chi connectivity index (χ4n) is 1.75. The maximum atomic E-state index is 11.7. The van der Waals surface area contributed by atoms with E-state index in [0.717, 1.165) is 12.8 Å². The number of anilines is 1. The number of benzene rings is 1. The molecule has 2 amide bonds. The van der Waals surface area contributed by atoms with E-state index in [0.29, 0.717) is 11.4 Å². The summed E-state index contributed by atoms with van der Waals surface area (Å²) >= 11 is 0. The van der Waals surface area contributed by atoms with Crippen molar-refractivity contribution in [2.75, 3.05) is 11.9 Å². The van der Waals surface area contributed by atoms with Crippen molar-refractivity contribution in [1.82, 2.24) is 5.32 Å². The number of rotatable bonds is 7. The lowest BCUT2D eigenvalue weighted by Gasteiger charge is -2.15. The average Bonchev–Trinajstić information content (AvgIpc) is 2.43. The Morgan fingerprint density at radius 1 is 1.15 bits per heavy atom. The van der Waals surface area contributed by atoms with Crippen molar-refractivity contribution in [2.45, 2.75) is 39.7 Å². The van der Waals surface area contributed by atoms with Crippen LogP contribution >= 0.6 is 0 Å². The second-order valence-corrected chi connectivity index (χ2v) is 4.58. The molecule has 0 fully saturated rings. The van der Waals surface area contributed by atoms with Crippen molar-refractivity contribution in [2.24, 2.45) is 0 Å². The highest BCUT2D eigenvalue weighted by molar-refractivity contribution is 5.88. The summed E-state index contributed by atoms with van der Waals surface area (Å²) < 4.78 is 5.39. The Bertz CT molecular complexity index is 439. The van der Waals surface area contributed by atoms with E-state index in [1.54, 1.807) is 24.3 Å². The zero-order chi connectivity index (χ0) is 15.0. The minimum Gasteiger partial charge on any atom is -0.484 e. The Labute approximate surface area is 119 Å². The molecule has 0 aliphatic carbocycles. The van der Waals surface area contributed by atoms with Crippen molar-refractivity contribution < 1.29 is 14.3 Å². The molecule has 1 aromatic rings. The van der Waals surface area contributed by atoms with Crippen LogP contribution in [0.15, 0.2) is 24.3 Å². The molecule has 0 radical (unpaired) electrons. The lowest BCUT2D eigenvalue weighted by atomic mass is 10.2. The first-order valence-corrected chi connectivity index (χ1v) is 6.85. The fraction of sp³-hybridized carbons (Fsp3) is 0.467. The summed E-state index contributed by atoms with van der Waals surface area (Å²) in [5.41, 5.74) is 0.700. The van der Waals surface area contributed by atoms with E-state index in [2.05, 4.69) is 10.6 Å². The third-order valence-corrected chi connectivity index (χ3v) is 2.90. The first kappa shape index (κ1) is 16.0. The van der Waals surface area contributed by atoms with Crippen molar-refractivity contribution in [3.63, 3.8) is 0 Å². The number of amides is 2. The fourth-order valence-corrected chi connectivity index (χ4v) is 1.75. The number of ether oxygens (including phenoxy) is 1. The minimum absolute atomic E-state index is 0.00398. The number of hydrogen-bond acceptors (Lipinski definition) is 3. The van der Waals surface area contributed by atoms with Crippen LogP contribution in [0.3, 0.4) is 0 Å². The van der Waals surface area contributed by atoms with E-state index in [1.807, 2.05) is 13.8 Å². The Morgan fingerprint density at radius 2 is 1.75 bits per heavy atom. The SMILES string of the molecule is CCC(CC)NC(=O)COc1ccc(NC(C)=O)cc1. The molecular weight excluding hydrogens is 256 g/mol. The number of carbonyl (C=O) groups excluding carboxylic acids is 2. The molecular formula is C15H22N2O3. The molecule has 0 unspecified atom stereocenters. The molecule has 0 atom stereocenters. The normalized spacial score (nSPS) is 10.2. The number of nitrogens with one attached hydrogen (secondary N) is 2. The smallest absolute Gasteiger partial charge is 0.258 e. The molecule has 0 aliphatic rings. The maximum Gasteiger partial charge on any atom is 0.258 e. The van der Waals surface area contributed by atoms with Crippen molar-refractivity contribution in [3.05, 3.63) is 24.3 Å². The first-order chi connectivity index (χ1) is 9.55. The topological polar surface area (TPSA) is 67.4 Å². The first-order valence-electron chi connectivity index (χ1n) is 6.85. The summed E-state index contributed by atoms with van der Waals surface area (Å²) in [6, 6.07) is 7.10. The van der Waals surface area contributed by atoms with Crippen LogP contribution in [0, 0.1) is 0 Å². The van der Waals surface area contributed by atoms with Crippen LogP contribution in [0.1, 0.15) is 33.6 Å². The molecule has 1 rings (SSSR count). The highest BCUT2D eigenvalue weighted by Gasteiger charge is 2.08. The van der Waals surface area contributed by atoms with Gasteiger partial charge in [-0.2, -0.15) is 0 Å². The van der Waals surface area contributed by atoms with Gasteiger partial charge >= 0.3 is 0 Å². The molecule has 5 heteroatoms. The third-order valence-electron chi connectivity index (χ3n) is 2.90. The van der Waals surface area contributed by atoms with Gasteiger partial charge in [-0.3, -0.25) is 9.59 Å². The van der Waals surface area contributed by atoms with E-state index in [4.69, 9.17) is 4.74 Å². The summed E-state index contributed by atoms with van der Waals surface area (Å²) in [5, 5.41) is 5.57. The van der Waals surface area contributed by atoms with Crippen LogP contribution in [0.4, 0.5) is 5.69 Å². The van der Waals surface area contributed by atoms with E-state index in [9.17, 15) is 9.59 Å². The van der Waals surface area contributed by atoms with Gasteiger partial charge in [0.2, 0.25) is 5.91 Å². The van der Waals surface area contributed by atoms with Crippen LogP contribution in [0.5, 0.6) is 5.75 Å². The van der Waals surface area contributed by atoms with Crippen molar-refractivity contribution in [3.8, 4) is 5.75 Å². The molecule has 110 valence electrons. The van der Waals surface area contributed by atoms with E-state index in [1.165, 1.54) is 6.92 Å². The number of carbonyl (C=O) groups is 2. The molecule has 5 nitrogen and oxygen atoms in total. The predicted octanol–water partition coefficient (Wildman–Crippen LogP) is 2.33. The molecule has 1 aromatic carbocycles. The maximum absolute atomic E-state index is 11.7. The average molecular weight is 278 g/mol. The van der Waals surface area contributed by atoms with Crippen molar-refractivity contribution in [1.29, 1.82) is 0 Å². The summed E-state index contributed by atoms with van der Waals surface area (Å²) in [4.78, 5) is 22.5. The number of hydrogen-bond donors (Lipinski definition) is 2. The van der Waals surface area contributed by atoms with Gasteiger partial charge in [-0.15, -0.1) is 0 Å². The highest BCUT2D eigenvalue weighted by atomic mass is 16.5. The Morgan fingerprint density at radius 3 is 2.25 bits per heavy atom. The zero-order valence-electron chi connectivity index (χ0n) is 12.2. The molecule has 0 saturated carbocycles. The Hall–Kier alpha value is -2.04. The van der Waals surface area contributed by atoms with Gasteiger partial charge in [-0.1, -0.05) is 13.8 Å². The molecule has 0 saturated heterocycles. The molecule has 2 N–H and O–H groups in total. The van der Waals surface area contributed by atoms with Gasteiger partial charge in [0.15, 0.2) is 6.61 Å². The standard InChI is InChI=1S/C15H22N2O3/c1-4-12(5-2)17-15(19)10-20-14-8-6-13(7-9-14)16-11(3)18/h6-9,12H,4-5,10H2,1-3H3,(H,16,18)(H,17,19). The Kier molecular flexibility index (Phi) is 6.56. The minimum atomic E-state index is -0.122. The largest absolute Gasteiger partial charge is 0.484 e. The summed E-state index contributed by atoms with van der Waals surface area (Å²) in [6.45, 7) is 5.52.